The van der Waals surface area contributed by atoms with Crippen molar-refractivity contribution in [3.63, 3.8) is 0 Å². The molecule has 0 spiro atoms. The molecule has 0 aliphatic carbocycles. The van der Waals surface area contributed by atoms with E-state index < -0.39 is 26.3 Å². The van der Waals surface area contributed by atoms with Gasteiger partial charge < -0.3 is 23.9 Å². The molecule has 6 nitrogen and oxygen atoms in total. The van der Waals surface area contributed by atoms with Gasteiger partial charge in [-0.05, 0) is 49.0 Å². The molecule has 7 heteroatoms. The third-order valence-corrected chi connectivity index (χ3v) is 7.87. The zero-order chi connectivity index (χ0) is 25.9. The van der Waals surface area contributed by atoms with Crippen molar-refractivity contribution in [1.29, 1.82) is 0 Å². The van der Waals surface area contributed by atoms with Crippen LogP contribution in [0.5, 0.6) is 0 Å². The Balaban J connectivity index is 1.78. The minimum Gasteiger partial charge on any atom is -0.444 e. The third kappa shape index (κ3) is 8.17. The van der Waals surface area contributed by atoms with Gasteiger partial charge in [-0.25, -0.2) is 4.79 Å². The first-order chi connectivity index (χ1) is 16.2. The number of rotatable bonds is 5. The van der Waals surface area contributed by atoms with Gasteiger partial charge in [0.15, 0.2) is 0 Å². The molecule has 2 atom stereocenters. The topological polar surface area (TPSA) is 68.2 Å². The van der Waals surface area contributed by atoms with Gasteiger partial charge in [-0.2, -0.15) is 0 Å². The van der Waals surface area contributed by atoms with Crippen LogP contribution in [0.15, 0.2) is 54.6 Å². The molecule has 1 heterocycles. The Labute approximate surface area is 211 Å². The van der Waals surface area contributed by atoms with Crippen LogP contribution in [0.4, 0.5) is 4.79 Å². The summed E-state index contributed by atoms with van der Waals surface area (Å²) in [4.78, 5) is 14.3. The minimum absolute atomic E-state index is 0.0787. The van der Waals surface area contributed by atoms with Crippen LogP contribution < -0.4 is 10.4 Å². The highest BCUT2D eigenvalue weighted by molar-refractivity contribution is 6.80. The maximum Gasteiger partial charge on any atom is 0.410 e. The molecule has 0 unspecified atom stereocenters. The molecule has 35 heavy (non-hydrogen) atoms. The molecule has 1 amide bonds. The van der Waals surface area contributed by atoms with Gasteiger partial charge in [0.05, 0.1) is 32.4 Å². The maximum atomic E-state index is 12.8. The lowest BCUT2D eigenvalue weighted by Gasteiger charge is -2.30. The Morgan fingerprint density at radius 2 is 1.66 bits per heavy atom. The lowest BCUT2D eigenvalue weighted by atomic mass is 9.87. The van der Waals surface area contributed by atoms with E-state index in [4.69, 9.17) is 13.9 Å². The number of carbonyl (C=O) groups is 1. The highest BCUT2D eigenvalue weighted by Gasteiger charge is 2.36. The van der Waals surface area contributed by atoms with E-state index >= 15 is 0 Å². The summed E-state index contributed by atoms with van der Waals surface area (Å²) in [6.07, 6.45) is -0.839. The first-order valence-electron chi connectivity index (χ1n) is 12.2. The van der Waals surface area contributed by atoms with Crippen LogP contribution in [-0.2, 0) is 19.3 Å². The Kier molecular flexibility index (Phi) is 8.47. The summed E-state index contributed by atoms with van der Waals surface area (Å²) in [7, 11) is -1.54. The molecule has 1 saturated heterocycles. The Morgan fingerprint density at radius 3 is 2.23 bits per heavy atom. The molecular weight excluding hydrogens is 458 g/mol. The van der Waals surface area contributed by atoms with E-state index in [1.54, 1.807) is 6.92 Å². The van der Waals surface area contributed by atoms with Crippen molar-refractivity contribution in [1.82, 2.24) is 4.90 Å². The zero-order valence-electron chi connectivity index (χ0n) is 22.1. The average molecular weight is 499 g/mol. The Morgan fingerprint density at radius 1 is 1.06 bits per heavy atom. The number of hydrogen-bond donors (Lipinski definition) is 1. The van der Waals surface area contributed by atoms with Gasteiger partial charge in [0, 0.05) is 0 Å². The molecular formula is C28H40NO5Si. The predicted molar refractivity (Wildman–Crippen MR) is 141 cm³/mol. The molecule has 1 radical (unpaired) electrons. The first kappa shape index (κ1) is 27.4. The van der Waals surface area contributed by atoms with Crippen molar-refractivity contribution in [2.45, 2.75) is 71.2 Å². The van der Waals surface area contributed by atoms with Gasteiger partial charge in [-0.1, -0.05) is 75.4 Å². The van der Waals surface area contributed by atoms with E-state index in [9.17, 15) is 9.90 Å². The van der Waals surface area contributed by atoms with E-state index in [2.05, 4.69) is 57.2 Å². The molecule has 1 aliphatic heterocycles. The van der Waals surface area contributed by atoms with Crippen LogP contribution in [-0.4, -0.2) is 68.7 Å². The highest BCUT2D eigenvalue weighted by atomic mass is 28.3. The van der Waals surface area contributed by atoms with Crippen molar-refractivity contribution in [3.8, 4) is 0 Å². The SMILES string of the molecule is CC(C)(C)OC(=O)N1C[C@H](CO[Si](c2ccccc2)c2ccc(C(C)(C)C)cc2)OC[C@](C)(O)C1. The van der Waals surface area contributed by atoms with Gasteiger partial charge in [-0.15, -0.1) is 0 Å². The number of β-amino-alcohol motifs (C(OH)–C–C–N with tert-alkyl or cyclic N) is 1. The predicted octanol–water partition coefficient (Wildman–Crippen LogP) is 3.49. The normalized spacial score (nSPS) is 21.6. The lowest BCUT2D eigenvalue weighted by Crippen LogP contribution is -2.48. The molecule has 0 aromatic heterocycles. The van der Waals surface area contributed by atoms with Crippen molar-refractivity contribution in [2.24, 2.45) is 0 Å². The number of hydrogen-bond acceptors (Lipinski definition) is 5. The molecule has 0 bridgehead atoms. The van der Waals surface area contributed by atoms with Gasteiger partial charge in [-0.3, -0.25) is 0 Å². The van der Waals surface area contributed by atoms with Crippen LogP contribution in [0.1, 0.15) is 54.0 Å². The van der Waals surface area contributed by atoms with Crippen LogP contribution in [0.3, 0.4) is 0 Å². The molecule has 1 fully saturated rings. The van der Waals surface area contributed by atoms with Crippen LogP contribution in [0, 0.1) is 0 Å². The summed E-state index contributed by atoms with van der Waals surface area (Å²) in [6, 6.07) is 18.9. The second kappa shape index (κ2) is 10.8. The number of benzene rings is 2. The Bertz CT molecular complexity index is 964. The van der Waals surface area contributed by atoms with E-state index in [1.165, 1.54) is 10.5 Å². The largest absolute Gasteiger partial charge is 0.444 e. The lowest BCUT2D eigenvalue weighted by molar-refractivity contribution is -0.0514. The van der Waals surface area contributed by atoms with Crippen LogP contribution >= 0.6 is 0 Å². The van der Waals surface area contributed by atoms with Crippen LogP contribution in [0.2, 0.25) is 0 Å². The quantitative estimate of drug-likeness (QED) is 0.639. The average Bonchev–Trinajstić information content (AvgIpc) is 2.91. The van der Waals surface area contributed by atoms with Gasteiger partial charge in [0.25, 0.3) is 9.04 Å². The summed E-state index contributed by atoms with van der Waals surface area (Å²) in [5.41, 5.74) is -0.431. The second-order valence-corrected chi connectivity index (χ2v) is 13.7. The third-order valence-electron chi connectivity index (χ3n) is 5.70. The summed E-state index contributed by atoms with van der Waals surface area (Å²) < 4.78 is 18.1. The fourth-order valence-electron chi connectivity index (χ4n) is 3.90. The minimum atomic E-state index is -1.54. The maximum absolute atomic E-state index is 12.8. The van der Waals surface area contributed by atoms with Crippen molar-refractivity contribution < 1.29 is 23.8 Å². The molecule has 3 rings (SSSR count). The standard InChI is InChI=1S/C28H40NO5Si/c1-26(2,3)21-13-15-24(16-14-21)35(23-11-9-8-10-12-23)33-18-22-17-29(19-28(7,31)20-32-22)25(30)34-27(4,5)6/h8-16,22,31H,17-20H2,1-7H3/t22-,28-/m1/s1. The molecule has 1 N–H and O–H groups in total. The molecule has 1 aliphatic rings. The van der Waals surface area contributed by atoms with Crippen LogP contribution in [0.25, 0.3) is 0 Å². The molecule has 2 aromatic carbocycles. The van der Waals surface area contributed by atoms with Gasteiger partial charge in [0.1, 0.15) is 11.2 Å². The fourth-order valence-corrected chi connectivity index (χ4v) is 5.89. The number of amides is 1. The zero-order valence-corrected chi connectivity index (χ0v) is 23.1. The number of carbonyl (C=O) groups excluding carboxylic acids is 1. The number of ether oxygens (including phenoxy) is 2. The summed E-state index contributed by atoms with van der Waals surface area (Å²) in [5, 5.41) is 13.0. The van der Waals surface area contributed by atoms with Gasteiger partial charge in [0.2, 0.25) is 0 Å². The van der Waals surface area contributed by atoms with Gasteiger partial charge >= 0.3 is 6.09 Å². The molecule has 2 aromatic rings. The highest BCUT2D eigenvalue weighted by Crippen LogP contribution is 2.21. The molecule has 0 saturated carbocycles. The first-order valence-corrected chi connectivity index (χ1v) is 13.6. The second-order valence-electron chi connectivity index (χ2n) is 11.6. The summed E-state index contributed by atoms with van der Waals surface area (Å²) >= 11 is 0. The Hall–Kier alpha value is -2.19. The van der Waals surface area contributed by atoms with E-state index in [1.807, 2.05) is 39.0 Å². The smallest absolute Gasteiger partial charge is 0.410 e. The van der Waals surface area contributed by atoms with E-state index in [0.717, 1.165) is 10.4 Å². The van der Waals surface area contributed by atoms with E-state index in [-0.39, 0.29) is 31.2 Å². The number of nitrogens with zero attached hydrogens (tertiary/aromatic N) is 1. The van der Waals surface area contributed by atoms with E-state index in [0.29, 0.717) is 6.61 Å². The fraction of sp³-hybridized carbons (Fsp3) is 0.536. The van der Waals surface area contributed by atoms with Crippen molar-refractivity contribution in [3.05, 3.63) is 60.2 Å². The number of aliphatic hydroxyl groups is 1. The summed E-state index contributed by atoms with van der Waals surface area (Å²) in [5.74, 6) is 0. The molecule has 191 valence electrons. The monoisotopic (exact) mass is 498 g/mol. The van der Waals surface area contributed by atoms with Crippen molar-refractivity contribution >= 4 is 25.5 Å². The summed E-state index contributed by atoms with van der Waals surface area (Å²) in [6.45, 7) is 14.6. The van der Waals surface area contributed by atoms with Crippen molar-refractivity contribution in [2.75, 3.05) is 26.3 Å².